The molecule has 0 amide bonds. The highest BCUT2D eigenvalue weighted by molar-refractivity contribution is 5.24. The van der Waals surface area contributed by atoms with Gasteiger partial charge in [-0.05, 0) is 37.6 Å². The first-order valence-electron chi connectivity index (χ1n) is 6.54. The lowest BCUT2D eigenvalue weighted by Gasteiger charge is -2.21. The van der Waals surface area contributed by atoms with Gasteiger partial charge in [0.05, 0.1) is 0 Å². The standard InChI is InChI=1S/C16H15F4N/c1-9(11-3-6-14(18)16(20)7-11)21-10(2)13-5-4-12(17)8-15(13)19/h3-10,21H,1-2H3. The number of rotatable bonds is 4. The van der Waals surface area contributed by atoms with Gasteiger partial charge in [0.1, 0.15) is 11.6 Å². The van der Waals surface area contributed by atoms with Gasteiger partial charge in [-0.25, -0.2) is 17.6 Å². The van der Waals surface area contributed by atoms with E-state index in [2.05, 4.69) is 5.32 Å². The van der Waals surface area contributed by atoms with Crippen LogP contribution in [0.1, 0.15) is 37.1 Å². The molecule has 2 aromatic rings. The molecule has 2 atom stereocenters. The fourth-order valence-corrected chi connectivity index (χ4v) is 2.20. The molecule has 5 heteroatoms. The van der Waals surface area contributed by atoms with Crippen LogP contribution in [0.3, 0.4) is 0 Å². The zero-order chi connectivity index (χ0) is 15.6. The van der Waals surface area contributed by atoms with Crippen molar-refractivity contribution in [2.24, 2.45) is 0 Å². The summed E-state index contributed by atoms with van der Waals surface area (Å²) in [6.45, 7) is 3.47. The summed E-state index contributed by atoms with van der Waals surface area (Å²) < 4.78 is 52.7. The van der Waals surface area contributed by atoms with E-state index in [1.54, 1.807) is 13.8 Å². The number of nitrogens with one attached hydrogen (secondary N) is 1. The fourth-order valence-electron chi connectivity index (χ4n) is 2.20. The van der Waals surface area contributed by atoms with Gasteiger partial charge in [-0.1, -0.05) is 12.1 Å². The first-order valence-corrected chi connectivity index (χ1v) is 6.54. The number of hydrogen-bond donors (Lipinski definition) is 1. The van der Waals surface area contributed by atoms with Gasteiger partial charge in [0.25, 0.3) is 0 Å². The van der Waals surface area contributed by atoms with Crippen LogP contribution in [0, 0.1) is 23.3 Å². The first kappa shape index (κ1) is 15.5. The van der Waals surface area contributed by atoms with Gasteiger partial charge >= 0.3 is 0 Å². The molecule has 0 aromatic heterocycles. The van der Waals surface area contributed by atoms with Crippen LogP contribution in [-0.4, -0.2) is 0 Å². The van der Waals surface area contributed by atoms with E-state index in [1.807, 2.05) is 0 Å². The molecule has 0 spiro atoms. The van der Waals surface area contributed by atoms with Gasteiger partial charge in [-0.15, -0.1) is 0 Å². The van der Waals surface area contributed by atoms with Crippen molar-refractivity contribution in [3.05, 3.63) is 70.8 Å². The molecule has 1 nitrogen and oxygen atoms in total. The van der Waals surface area contributed by atoms with Crippen LogP contribution >= 0.6 is 0 Å². The lowest BCUT2D eigenvalue weighted by molar-refractivity contribution is 0.463. The van der Waals surface area contributed by atoms with Gasteiger partial charge in [0.15, 0.2) is 11.6 Å². The second kappa shape index (κ2) is 6.26. The van der Waals surface area contributed by atoms with Crippen LogP contribution in [0.4, 0.5) is 17.6 Å². The minimum Gasteiger partial charge on any atom is -0.304 e. The summed E-state index contributed by atoms with van der Waals surface area (Å²) in [6.07, 6.45) is 0. The molecule has 0 aliphatic carbocycles. The van der Waals surface area contributed by atoms with Crippen molar-refractivity contribution < 1.29 is 17.6 Å². The van der Waals surface area contributed by atoms with Crippen LogP contribution in [0.25, 0.3) is 0 Å². The number of benzene rings is 2. The Balaban J connectivity index is 2.14. The second-order valence-electron chi connectivity index (χ2n) is 4.95. The van der Waals surface area contributed by atoms with E-state index in [1.165, 1.54) is 18.2 Å². The molecule has 0 radical (unpaired) electrons. The molecule has 0 saturated heterocycles. The SMILES string of the molecule is CC(NC(C)c1ccc(F)cc1F)c1ccc(F)c(F)c1. The maximum atomic E-state index is 13.7. The van der Waals surface area contributed by atoms with Crippen molar-refractivity contribution in [3.8, 4) is 0 Å². The van der Waals surface area contributed by atoms with Crippen molar-refractivity contribution >= 4 is 0 Å². The predicted octanol–water partition coefficient (Wildman–Crippen LogP) is 4.65. The van der Waals surface area contributed by atoms with E-state index < -0.39 is 29.3 Å². The fraction of sp³-hybridized carbons (Fsp3) is 0.250. The van der Waals surface area contributed by atoms with Gasteiger partial charge in [-0.2, -0.15) is 0 Å². The van der Waals surface area contributed by atoms with Crippen molar-refractivity contribution in [2.75, 3.05) is 0 Å². The average Bonchev–Trinajstić information content (AvgIpc) is 2.41. The van der Waals surface area contributed by atoms with Crippen molar-refractivity contribution in [1.29, 1.82) is 0 Å². The van der Waals surface area contributed by atoms with E-state index in [0.29, 0.717) is 11.1 Å². The summed E-state index contributed by atoms with van der Waals surface area (Å²) >= 11 is 0. The van der Waals surface area contributed by atoms with Gasteiger partial charge in [0, 0.05) is 23.7 Å². The summed E-state index contributed by atoms with van der Waals surface area (Å²) in [7, 11) is 0. The van der Waals surface area contributed by atoms with Crippen LogP contribution in [0.5, 0.6) is 0 Å². The Morgan fingerprint density at radius 3 is 2.10 bits per heavy atom. The first-order chi connectivity index (χ1) is 9.88. The third-order valence-corrected chi connectivity index (χ3v) is 3.37. The van der Waals surface area contributed by atoms with E-state index in [-0.39, 0.29) is 6.04 Å². The maximum Gasteiger partial charge on any atom is 0.159 e. The Kier molecular flexibility index (Phi) is 4.63. The number of halogens is 4. The minimum atomic E-state index is -0.929. The average molecular weight is 297 g/mol. The Labute approximate surface area is 120 Å². The van der Waals surface area contributed by atoms with Crippen LogP contribution in [0.15, 0.2) is 36.4 Å². The van der Waals surface area contributed by atoms with Crippen LogP contribution in [0.2, 0.25) is 0 Å². The van der Waals surface area contributed by atoms with Gasteiger partial charge < -0.3 is 5.32 Å². The summed E-state index contributed by atoms with van der Waals surface area (Å²) in [5.74, 6) is -3.13. The molecule has 21 heavy (non-hydrogen) atoms. The Morgan fingerprint density at radius 2 is 1.48 bits per heavy atom. The summed E-state index contributed by atoms with van der Waals surface area (Å²) in [5.41, 5.74) is 0.856. The van der Waals surface area contributed by atoms with Crippen LogP contribution < -0.4 is 5.32 Å². The highest BCUT2D eigenvalue weighted by Gasteiger charge is 2.16. The molecule has 0 aliphatic heterocycles. The quantitative estimate of drug-likeness (QED) is 0.810. The normalized spacial score (nSPS) is 14.0. The smallest absolute Gasteiger partial charge is 0.159 e. The third-order valence-electron chi connectivity index (χ3n) is 3.37. The Bertz CT molecular complexity index is 642. The maximum absolute atomic E-state index is 13.7. The highest BCUT2D eigenvalue weighted by atomic mass is 19.2. The summed E-state index contributed by atoms with van der Waals surface area (Å²) in [5, 5.41) is 3.07. The van der Waals surface area contributed by atoms with E-state index >= 15 is 0 Å². The van der Waals surface area contributed by atoms with E-state index in [9.17, 15) is 17.6 Å². The largest absolute Gasteiger partial charge is 0.304 e. The Morgan fingerprint density at radius 1 is 0.762 bits per heavy atom. The summed E-state index contributed by atoms with van der Waals surface area (Å²) in [4.78, 5) is 0. The number of hydrogen-bond acceptors (Lipinski definition) is 1. The molecule has 1 N–H and O–H groups in total. The third kappa shape index (κ3) is 3.61. The lowest BCUT2D eigenvalue weighted by Crippen LogP contribution is -2.23. The van der Waals surface area contributed by atoms with Crippen LogP contribution in [-0.2, 0) is 0 Å². The summed E-state index contributed by atoms with van der Waals surface area (Å²) in [6, 6.07) is 6.24. The van der Waals surface area contributed by atoms with E-state index in [4.69, 9.17) is 0 Å². The molecule has 0 bridgehead atoms. The predicted molar refractivity (Wildman–Crippen MR) is 72.7 cm³/mol. The molecular weight excluding hydrogens is 282 g/mol. The van der Waals surface area contributed by atoms with Crippen molar-refractivity contribution in [1.82, 2.24) is 5.32 Å². The molecular formula is C16H15F4N. The molecule has 2 aromatic carbocycles. The van der Waals surface area contributed by atoms with Crippen molar-refractivity contribution in [2.45, 2.75) is 25.9 Å². The Hall–Kier alpha value is -1.88. The molecule has 2 rings (SSSR count). The molecule has 0 fully saturated rings. The van der Waals surface area contributed by atoms with Crippen molar-refractivity contribution in [3.63, 3.8) is 0 Å². The molecule has 2 unspecified atom stereocenters. The second-order valence-corrected chi connectivity index (χ2v) is 4.95. The molecule has 0 saturated carbocycles. The lowest BCUT2D eigenvalue weighted by atomic mass is 10.0. The minimum absolute atomic E-state index is 0.311. The topological polar surface area (TPSA) is 12.0 Å². The van der Waals surface area contributed by atoms with Gasteiger partial charge in [0.2, 0.25) is 0 Å². The molecule has 0 heterocycles. The van der Waals surface area contributed by atoms with E-state index in [0.717, 1.165) is 18.2 Å². The zero-order valence-electron chi connectivity index (χ0n) is 11.6. The monoisotopic (exact) mass is 297 g/mol. The highest BCUT2D eigenvalue weighted by Crippen LogP contribution is 2.23. The van der Waals surface area contributed by atoms with Gasteiger partial charge in [-0.3, -0.25) is 0 Å². The molecule has 112 valence electrons. The molecule has 0 aliphatic rings. The zero-order valence-corrected chi connectivity index (χ0v) is 11.6.